The molecule has 0 amide bonds. The summed E-state index contributed by atoms with van der Waals surface area (Å²) >= 11 is 0. The first kappa shape index (κ1) is 16.5. The third-order valence-corrected chi connectivity index (χ3v) is 4.89. The van der Waals surface area contributed by atoms with Crippen LogP contribution in [0.3, 0.4) is 0 Å². The highest BCUT2D eigenvalue weighted by Crippen LogP contribution is 2.22. The zero-order valence-electron chi connectivity index (χ0n) is 14.5. The molecule has 1 aromatic rings. The molecular weight excluding hydrogens is 256 g/mol. The maximum absolute atomic E-state index is 3.73. The normalized spacial score (nSPS) is 18.9. The Hall–Kier alpha value is -0.860. The summed E-state index contributed by atoms with van der Waals surface area (Å²) in [7, 11) is 0. The van der Waals surface area contributed by atoms with Crippen LogP contribution in [0.2, 0.25) is 0 Å². The largest absolute Gasteiger partial charge is 0.310 e. The molecule has 2 nitrogen and oxygen atoms in total. The van der Waals surface area contributed by atoms with Crippen molar-refractivity contribution in [1.29, 1.82) is 0 Å². The second-order valence-corrected chi connectivity index (χ2v) is 7.04. The van der Waals surface area contributed by atoms with E-state index in [1.54, 1.807) is 0 Å². The highest BCUT2D eigenvalue weighted by Gasteiger charge is 2.16. The van der Waals surface area contributed by atoms with Gasteiger partial charge >= 0.3 is 0 Å². The van der Waals surface area contributed by atoms with Crippen LogP contribution in [-0.2, 0) is 0 Å². The van der Waals surface area contributed by atoms with Gasteiger partial charge in [-0.05, 0) is 88.3 Å². The standard InChI is InChI=1S/C19H32N2/c1-14(13-21-8-6-7-9-21)12-20-18(5)19-11-16(3)15(2)10-17(19)4/h10-11,14,18,20H,6-9,12-13H2,1-5H3. The average molecular weight is 288 g/mol. The van der Waals surface area contributed by atoms with E-state index >= 15 is 0 Å². The second kappa shape index (κ2) is 7.42. The Kier molecular flexibility index (Phi) is 5.83. The quantitative estimate of drug-likeness (QED) is 0.851. The van der Waals surface area contributed by atoms with Crippen LogP contribution < -0.4 is 5.32 Å². The van der Waals surface area contributed by atoms with Crippen LogP contribution in [-0.4, -0.2) is 31.1 Å². The molecule has 2 heteroatoms. The maximum atomic E-state index is 3.73. The average Bonchev–Trinajstić information content (AvgIpc) is 2.93. The molecule has 2 rings (SSSR count). The van der Waals surface area contributed by atoms with E-state index in [1.165, 1.54) is 54.7 Å². The van der Waals surface area contributed by atoms with E-state index in [9.17, 15) is 0 Å². The predicted octanol–water partition coefficient (Wildman–Crippen LogP) is 3.99. The van der Waals surface area contributed by atoms with Crippen LogP contribution in [0.4, 0.5) is 0 Å². The Morgan fingerprint density at radius 2 is 1.62 bits per heavy atom. The lowest BCUT2D eigenvalue weighted by molar-refractivity contribution is 0.279. The fourth-order valence-corrected chi connectivity index (χ4v) is 3.41. The molecule has 118 valence electrons. The number of likely N-dealkylation sites (tertiary alicyclic amines) is 1. The summed E-state index contributed by atoms with van der Waals surface area (Å²) in [4.78, 5) is 2.61. The number of nitrogens with zero attached hydrogens (tertiary/aromatic N) is 1. The lowest BCUT2D eigenvalue weighted by Gasteiger charge is -2.24. The van der Waals surface area contributed by atoms with Gasteiger partial charge in [-0.15, -0.1) is 0 Å². The van der Waals surface area contributed by atoms with E-state index in [-0.39, 0.29) is 0 Å². The van der Waals surface area contributed by atoms with E-state index in [1.807, 2.05) is 0 Å². The molecule has 0 aliphatic carbocycles. The molecule has 0 bridgehead atoms. The summed E-state index contributed by atoms with van der Waals surface area (Å²) in [5, 5.41) is 3.73. The van der Waals surface area contributed by atoms with E-state index in [0.717, 1.165) is 12.5 Å². The Morgan fingerprint density at radius 1 is 1.00 bits per heavy atom. The SMILES string of the molecule is Cc1cc(C)c(C(C)NCC(C)CN2CCCC2)cc1C. The summed E-state index contributed by atoms with van der Waals surface area (Å²) in [5.74, 6) is 0.720. The van der Waals surface area contributed by atoms with Gasteiger partial charge < -0.3 is 10.2 Å². The molecule has 1 aromatic carbocycles. The summed E-state index contributed by atoms with van der Waals surface area (Å²) in [6.45, 7) is 16.2. The molecule has 0 saturated carbocycles. The van der Waals surface area contributed by atoms with Crippen molar-refractivity contribution in [2.24, 2.45) is 5.92 Å². The number of nitrogens with one attached hydrogen (secondary N) is 1. The fraction of sp³-hybridized carbons (Fsp3) is 0.684. The summed E-state index contributed by atoms with van der Waals surface area (Å²) in [6, 6.07) is 5.11. The topological polar surface area (TPSA) is 15.3 Å². The van der Waals surface area contributed by atoms with E-state index in [2.05, 4.69) is 57.0 Å². The zero-order valence-corrected chi connectivity index (χ0v) is 14.5. The van der Waals surface area contributed by atoms with Gasteiger partial charge in [-0.3, -0.25) is 0 Å². The van der Waals surface area contributed by atoms with Crippen molar-refractivity contribution in [3.8, 4) is 0 Å². The molecule has 0 spiro atoms. The van der Waals surface area contributed by atoms with Gasteiger partial charge in [-0.2, -0.15) is 0 Å². The molecule has 1 heterocycles. The zero-order chi connectivity index (χ0) is 15.4. The fourth-order valence-electron chi connectivity index (χ4n) is 3.41. The lowest BCUT2D eigenvalue weighted by atomic mass is 9.96. The minimum absolute atomic E-state index is 0.435. The van der Waals surface area contributed by atoms with Gasteiger partial charge in [0.25, 0.3) is 0 Å². The Bertz CT molecular complexity index is 461. The molecule has 1 fully saturated rings. The summed E-state index contributed by atoms with van der Waals surface area (Å²) in [5.41, 5.74) is 5.65. The molecule has 1 N–H and O–H groups in total. The van der Waals surface area contributed by atoms with Crippen molar-refractivity contribution < 1.29 is 0 Å². The van der Waals surface area contributed by atoms with Crippen LogP contribution in [0.5, 0.6) is 0 Å². The number of aryl methyl sites for hydroxylation is 3. The first-order chi connectivity index (χ1) is 9.97. The molecule has 2 unspecified atom stereocenters. The molecule has 1 saturated heterocycles. The first-order valence-corrected chi connectivity index (χ1v) is 8.51. The van der Waals surface area contributed by atoms with Gasteiger partial charge in [-0.25, -0.2) is 0 Å². The number of rotatable bonds is 6. The third kappa shape index (κ3) is 4.55. The van der Waals surface area contributed by atoms with Gasteiger partial charge in [0.2, 0.25) is 0 Å². The minimum atomic E-state index is 0.435. The smallest absolute Gasteiger partial charge is 0.0294 e. The van der Waals surface area contributed by atoms with E-state index in [4.69, 9.17) is 0 Å². The third-order valence-electron chi connectivity index (χ3n) is 4.89. The van der Waals surface area contributed by atoms with Crippen LogP contribution in [0.25, 0.3) is 0 Å². The molecule has 0 radical (unpaired) electrons. The molecule has 1 aliphatic rings. The predicted molar refractivity (Wildman–Crippen MR) is 91.9 cm³/mol. The van der Waals surface area contributed by atoms with Gasteiger partial charge in [0.05, 0.1) is 0 Å². The Balaban J connectivity index is 1.86. The van der Waals surface area contributed by atoms with Gasteiger partial charge in [0.1, 0.15) is 0 Å². The van der Waals surface area contributed by atoms with Gasteiger partial charge in [0.15, 0.2) is 0 Å². The second-order valence-electron chi connectivity index (χ2n) is 7.04. The Morgan fingerprint density at radius 3 is 2.29 bits per heavy atom. The Labute approximate surface area is 130 Å². The van der Waals surface area contributed by atoms with Gasteiger partial charge in [0, 0.05) is 12.6 Å². The van der Waals surface area contributed by atoms with E-state index in [0.29, 0.717) is 6.04 Å². The van der Waals surface area contributed by atoms with Crippen molar-refractivity contribution >= 4 is 0 Å². The van der Waals surface area contributed by atoms with Gasteiger partial charge in [-0.1, -0.05) is 19.1 Å². The van der Waals surface area contributed by atoms with Crippen molar-refractivity contribution in [3.63, 3.8) is 0 Å². The highest BCUT2D eigenvalue weighted by molar-refractivity contribution is 5.37. The highest BCUT2D eigenvalue weighted by atomic mass is 15.1. The van der Waals surface area contributed by atoms with Crippen LogP contribution in [0, 0.1) is 26.7 Å². The number of hydrogen-bond donors (Lipinski definition) is 1. The summed E-state index contributed by atoms with van der Waals surface area (Å²) in [6.07, 6.45) is 2.77. The molecule has 21 heavy (non-hydrogen) atoms. The van der Waals surface area contributed by atoms with E-state index < -0.39 is 0 Å². The molecule has 1 aliphatic heterocycles. The maximum Gasteiger partial charge on any atom is 0.0294 e. The molecular formula is C19H32N2. The first-order valence-electron chi connectivity index (χ1n) is 8.51. The summed E-state index contributed by atoms with van der Waals surface area (Å²) < 4.78 is 0. The van der Waals surface area contributed by atoms with Crippen LogP contribution in [0.15, 0.2) is 12.1 Å². The molecule has 2 atom stereocenters. The van der Waals surface area contributed by atoms with Crippen molar-refractivity contribution in [3.05, 3.63) is 34.4 Å². The van der Waals surface area contributed by atoms with Crippen molar-refractivity contribution in [2.45, 2.75) is 53.5 Å². The van der Waals surface area contributed by atoms with Crippen molar-refractivity contribution in [2.75, 3.05) is 26.2 Å². The lowest BCUT2D eigenvalue weighted by Crippen LogP contribution is -2.32. The van der Waals surface area contributed by atoms with Crippen LogP contribution >= 0.6 is 0 Å². The number of benzene rings is 1. The van der Waals surface area contributed by atoms with Crippen molar-refractivity contribution in [1.82, 2.24) is 10.2 Å². The molecule has 0 aromatic heterocycles. The minimum Gasteiger partial charge on any atom is -0.310 e. The van der Waals surface area contributed by atoms with Crippen LogP contribution in [0.1, 0.15) is 55.0 Å². The number of hydrogen-bond acceptors (Lipinski definition) is 2. The monoisotopic (exact) mass is 288 g/mol.